The number of ether oxygens (including phenoxy) is 1. The Hall–Kier alpha value is -3.34. The molecule has 206 valence electrons. The van der Waals surface area contributed by atoms with Crippen LogP contribution in [0.4, 0.5) is 23.5 Å². The number of carbonyl (C=O) groups excluding carboxylic acids is 1. The standard InChI is InChI=1S/C21H23F4N7O4S2/c1-12-8-13(2)30(9-12)19-15(20(33)29-38(34,35)16-10-32(25)27-14(16)3)4-5-17(26-19)31-7-6-18(28-31)36-11-37-21(22,23)24/h4-7,10,12-13H,8-9,11H2,1-3H3,(H,29,33)/t12-,13?/m0/s1. The van der Waals surface area contributed by atoms with Gasteiger partial charge in [0.25, 0.3) is 15.9 Å². The number of alkyl halides is 3. The number of halogens is 4. The highest BCUT2D eigenvalue weighted by atomic mass is 32.2. The highest BCUT2D eigenvalue weighted by Gasteiger charge is 2.33. The minimum Gasteiger partial charge on any atom is -0.465 e. The minimum atomic E-state index is -4.45. The van der Waals surface area contributed by atoms with Crippen molar-refractivity contribution < 1.29 is 35.6 Å². The third-order valence-corrected chi connectivity index (χ3v) is 7.73. The smallest absolute Gasteiger partial charge is 0.444 e. The van der Waals surface area contributed by atoms with Crippen LogP contribution in [-0.2, 0) is 10.0 Å². The second-order valence-electron chi connectivity index (χ2n) is 8.74. The number of thioether (sulfide) groups is 1. The molecule has 1 fully saturated rings. The fourth-order valence-corrected chi connectivity index (χ4v) is 5.57. The molecule has 1 aliphatic heterocycles. The van der Waals surface area contributed by atoms with Crippen molar-refractivity contribution >= 4 is 33.5 Å². The molecule has 11 nitrogen and oxygen atoms in total. The summed E-state index contributed by atoms with van der Waals surface area (Å²) in [6.45, 7) is 5.79. The number of aromatic nitrogens is 5. The zero-order chi connectivity index (χ0) is 27.8. The van der Waals surface area contributed by atoms with Gasteiger partial charge in [-0.2, -0.15) is 13.2 Å². The third kappa shape index (κ3) is 6.20. The molecule has 0 aliphatic carbocycles. The average Bonchev–Trinajstić information content (AvgIpc) is 3.50. The first-order valence-corrected chi connectivity index (χ1v) is 13.7. The number of nitrogens with zero attached hydrogens (tertiary/aromatic N) is 6. The van der Waals surface area contributed by atoms with E-state index in [1.54, 1.807) is 0 Å². The predicted molar refractivity (Wildman–Crippen MR) is 129 cm³/mol. The number of anilines is 1. The number of sulfonamides is 1. The lowest BCUT2D eigenvalue weighted by Gasteiger charge is -2.25. The van der Waals surface area contributed by atoms with Crippen LogP contribution in [0.3, 0.4) is 0 Å². The molecule has 0 radical (unpaired) electrons. The second-order valence-corrected chi connectivity index (χ2v) is 11.4. The van der Waals surface area contributed by atoms with E-state index in [9.17, 15) is 30.9 Å². The summed E-state index contributed by atoms with van der Waals surface area (Å²) in [7, 11) is -4.45. The van der Waals surface area contributed by atoms with Gasteiger partial charge in [0.1, 0.15) is 16.7 Å². The molecule has 1 unspecified atom stereocenters. The number of rotatable bonds is 8. The topological polar surface area (TPSA) is 124 Å². The molecule has 4 rings (SSSR count). The summed E-state index contributed by atoms with van der Waals surface area (Å²) in [5.41, 5.74) is -4.63. The van der Waals surface area contributed by atoms with Crippen LogP contribution in [0.2, 0.25) is 0 Å². The maximum Gasteiger partial charge on any atom is 0.444 e. The van der Waals surface area contributed by atoms with E-state index < -0.39 is 32.3 Å². The summed E-state index contributed by atoms with van der Waals surface area (Å²) in [6, 6.07) is 4.10. The van der Waals surface area contributed by atoms with Gasteiger partial charge in [0.2, 0.25) is 5.88 Å². The minimum absolute atomic E-state index is 0.0289. The van der Waals surface area contributed by atoms with Crippen molar-refractivity contribution in [3.05, 3.63) is 41.9 Å². The van der Waals surface area contributed by atoms with Crippen molar-refractivity contribution in [3.8, 4) is 11.7 Å². The molecule has 0 bridgehead atoms. The van der Waals surface area contributed by atoms with Crippen LogP contribution in [0.15, 0.2) is 35.5 Å². The van der Waals surface area contributed by atoms with E-state index in [-0.39, 0.29) is 57.4 Å². The Bertz CT molecular complexity index is 1440. The van der Waals surface area contributed by atoms with Crippen LogP contribution < -0.4 is 14.4 Å². The molecule has 1 N–H and O–H groups in total. The van der Waals surface area contributed by atoms with E-state index >= 15 is 0 Å². The van der Waals surface area contributed by atoms with Crippen LogP contribution >= 0.6 is 11.8 Å². The van der Waals surface area contributed by atoms with Gasteiger partial charge >= 0.3 is 5.51 Å². The molecule has 0 spiro atoms. The lowest BCUT2D eigenvalue weighted by atomic mass is 10.1. The molecule has 3 aromatic heterocycles. The van der Waals surface area contributed by atoms with E-state index in [1.165, 1.54) is 36.0 Å². The summed E-state index contributed by atoms with van der Waals surface area (Å²) >= 11 is -0.350. The van der Waals surface area contributed by atoms with Gasteiger partial charge in [-0.1, -0.05) is 11.4 Å². The normalized spacial score (nSPS) is 18.1. The van der Waals surface area contributed by atoms with Gasteiger partial charge in [0.05, 0.1) is 17.5 Å². The zero-order valence-electron chi connectivity index (χ0n) is 20.3. The van der Waals surface area contributed by atoms with Crippen molar-refractivity contribution in [3.63, 3.8) is 0 Å². The molecule has 17 heteroatoms. The van der Waals surface area contributed by atoms with Crippen molar-refractivity contribution in [2.75, 3.05) is 17.4 Å². The monoisotopic (exact) mass is 577 g/mol. The summed E-state index contributed by atoms with van der Waals surface area (Å²) in [5.74, 6) is -1.05. The molecule has 0 saturated carbocycles. The Morgan fingerprint density at radius 3 is 2.58 bits per heavy atom. The van der Waals surface area contributed by atoms with Gasteiger partial charge in [0, 0.05) is 24.8 Å². The predicted octanol–water partition coefficient (Wildman–Crippen LogP) is 3.45. The first-order valence-electron chi connectivity index (χ1n) is 11.2. The maximum absolute atomic E-state index is 13.4. The number of aryl methyl sites for hydroxylation is 1. The van der Waals surface area contributed by atoms with Gasteiger partial charge in [-0.15, -0.1) is 15.1 Å². The van der Waals surface area contributed by atoms with Crippen molar-refractivity contribution in [2.24, 2.45) is 5.92 Å². The molecular weight excluding hydrogens is 554 g/mol. The Morgan fingerprint density at radius 1 is 1.24 bits per heavy atom. The molecule has 2 atom stereocenters. The molecule has 4 heterocycles. The van der Waals surface area contributed by atoms with Crippen LogP contribution in [0.5, 0.6) is 5.88 Å². The highest BCUT2D eigenvalue weighted by molar-refractivity contribution is 8.00. The Balaban J connectivity index is 1.64. The van der Waals surface area contributed by atoms with E-state index in [4.69, 9.17) is 4.74 Å². The van der Waals surface area contributed by atoms with Crippen LogP contribution in [0.25, 0.3) is 5.82 Å². The van der Waals surface area contributed by atoms with Gasteiger partial charge in [0.15, 0.2) is 5.82 Å². The highest BCUT2D eigenvalue weighted by Crippen LogP contribution is 2.32. The number of pyridine rings is 1. The number of hydrogen-bond acceptors (Lipinski definition) is 9. The second kappa shape index (κ2) is 10.4. The number of amides is 1. The number of carbonyl (C=O) groups is 1. The summed E-state index contributed by atoms with van der Waals surface area (Å²) < 4.78 is 84.2. The Labute approximate surface area is 219 Å². The lowest BCUT2D eigenvalue weighted by Crippen LogP contribution is -2.35. The Kier molecular flexibility index (Phi) is 7.60. The zero-order valence-corrected chi connectivity index (χ0v) is 21.9. The molecule has 1 saturated heterocycles. The SMILES string of the molecule is Cc1nn(F)cc1S(=O)(=O)NC(=O)c1ccc(-n2ccc(OCSC(F)(F)F)n2)nc1N1C[C@@H](C)CC1C. The maximum atomic E-state index is 13.4. The number of nitrogens with one attached hydrogen (secondary N) is 1. The van der Waals surface area contributed by atoms with Gasteiger partial charge in [-0.05, 0) is 50.1 Å². The largest absolute Gasteiger partial charge is 0.465 e. The third-order valence-electron chi connectivity index (χ3n) is 5.73. The fourth-order valence-electron chi connectivity index (χ4n) is 4.13. The van der Waals surface area contributed by atoms with E-state index in [2.05, 4.69) is 15.2 Å². The van der Waals surface area contributed by atoms with Crippen LogP contribution in [0, 0.1) is 12.8 Å². The molecule has 3 aromatic rings. The molecule has 38 heavy (non-hydrogen) atoms. The van der Waals surface area contributed by atoms with E-state index in [0.29, 0.717) is 12.7 Å². The van der Waals surface area contributed by atoms with Gasteiger partial charge in [-0.25, -0.2) is 22.8 Å². The van der Waals surface area contributed by atoms with Crippen LogP contribution in [-0.4, -0.2) is 63.1 Å². The van der Waals surface area contributed by atoms with Crippen LogP contribution in [0.1, 0.15) is 36.3 Å². The van der Waals surface area contributed by atoms with Crippen molar-refractivity contribution in [1.29, 1.82) is 0 Å². The molecular formula is C21H23F4N7O4S2. The molecule has 0 aromatic carbocycles. The average molecular weight is 578 g/mol. The fraction of sp³-hybridized carbons (Fsp3) is 0.429. The molecule has 1 amide bonds. The molecule has 1 aliphatic rings. The Morgan fingerprint density at radius 2 is 1.97 bits per heavy atom. The lowest BCUT2D eigenvalue weighted by molar-refractivity contribution is -0.0336. The summed E-state index contributed by atoms with van der Waals surface area (Å²) in [6.07, 6.45) is 2.87. The number of hydrogen-bond donors (Lipinski definition) is 1. The van der Waals surface area contributed by atoms with Gasteiger partial charge < -0.3 is 9.64 Å². The first kappa shape index (κ1) is 27.7. The first-order chi connectivity index (χ1) is 17.7. The van der Waals surface area contributed by atoms with Gasteiger partial charge in [-0.3, -0.25) is 4.79 Å². The van der Waals surface area contributed by atoms with E-state index in [0.717, 1.165) is 6.42 Å². The van der Waals surface area contributed by atoms with Crippen molar-refractivity contribution in [2.45, 2.75) is 43.6 Å². The summed E-state index contributed by atoms with van der Waals surface area (Å²) in [5, 5.41) is 7.43. The quantitative estimate of drug-likeness (QED) is 0.317. The summed E-state index contributed by atoms with van der Waals surface area (Å²) in [4.78, 5) is 18.9. The van der Waals surface area contributed by atoms with E-state index in [1.807, 2.05) is 23.5 Å². The van der Waals surface area contributed by atoms with Crippen molar-refractivity contribution in [1.82, 2.24) is 29.5 Å².